The first kappa shape index (κ1) is 11.4. The minimum atomic E-state index is 0.651. The minimum absolute atomic E-state index is 0.651. The van der Waals surface area contributed by atoms with Gasteiger partial charge in [0.15, 0.2) is 0 Å². The minimum Gasteiger partial charge on any atom is -0.0928 e. The molecule has 0 saturated carbocycles. The Morgan fingerprint density at radius 1 is 1.15 bits per heavy atom. The number of unbranched alkanes of at least 4 members (excludes halogenated alkanes) is 1. The lowest BCUT2D eigenvalue weighted by Gasteiger charge is -2.04. The number of benzene rings is 1. The quantitative estimate of drug-likeness (QED) is 0.554. The highest BCUT2D eigenvalue weighted by Crippen LogP contribution is 2.26. The van der Waals surface area contributed by atoms with Crippen LogP contribution in [0, 0.1) is 0 Å². The van der Waals surface area contributed by atoms with E-state index in [1.807, 2.05) is 18.2 Å². The van der Waals surface area contributed by atoms with Crippen LogP contribution in [0.1, 0.15) is 18.4 Å². The van der Waals surface area contributed by atoms with Crippen molar-refractivity contribution in [1.29, 1.82) is 0 Å². The third-order valence-corrected chi connectivity index (χ3v) is 3.28. The Morgan fingerprint density at radius 3 is 2.62 bits per heavy atom. The summed E-state index contributed by atoms with van der Waals surface area (Å²) in [5, 5.41) is 2.40. The number of halogens is 3. The van der Waals surface area contributed by atoms with Crippen LogP contribution in [0.5, 0.6) is 0 Å². The van der Waals surface area contributed by atoms with E-state index < -0.39 is 0 Å². The third kappa shape index (κ3) is 3.49. The summed E-state index contributed by atoms with van der Waals surface area (Å²) in [5.74, 6) is 0. The molecule has 1 rings (SSSR count). The normalized spacial score (nSPS) is 10.4. The second-order valence-corrected chi connectivity index (χ2v) is 4.44. The molecule has 1 aromatic carbocycles. The maximum absolute atomic E-state index is 6.03. The molecule has 0 aliphatic rings. The lowest BCUT2D eigenvalue weighted by atomic mass is 10.1. The van der Waals surface area contributed by atoms with Crippen LogP contribution in [0.15, 0.2) is 18.2 Å². The molecular formula is C10H11BrCl2. The Kier molecular flexibility index (Phi) is 5.15. The van der Waals surface area contributed by atoms with Gasteiger partial charge in [0.05, 0.1) is 10.0 Å². The van der Waals surface area contributed by atoms with E-state index in [1.165, 1.54) is 6.42 Å². The van der Waals surface area contributed by atoms with Gasteiger partial charge < -0.3 is 0 Å². The summed E-state index contributed by atoms with van der Waals surface area (Å²) < 4.78 is 0. The van der Waals surface area contributed by atoms with E-state index in [9.17, 15) is 0 Å². The summed E-state index contributed by atoms with van der Waals surface area (Å²) in [6.45, 7) is 0. The van der Waals surface area contributed by atoms with Crippen LogP contribution >= 0.6 is 39.1 Å². The average Bonchev–Trinajstić information content (AvgIpc) is 2.13. The number of hydrogen-bond donors (Lipinski definition) is 0. The van der Waals surface area contributed by atoms with Gasteiger partial charge in [-0.1, -0.05) is 51.3 Å². The molecule has 0 fully saturated rings. The lowest BCUT2D eigenvalue weighted by Crippen LogP contribution is -1.87. The Balaban J connectivity index is 2.61. The van der Waals surface area contributed by atoms with E-state index in [0.717, 1.165) is 23.7 Å². The summed E-state index contributed by atoms with van der Waals surface area (Å²) >= 11 is 15.3. The van der Waals surface area contributed by atoms with Gasteiger partial charge in [0.1, 0.15) is 0 Å². The van der Waals surface area contributed by atoms with Gasteiger partial charge in [-0.15, -0.1) is 0 Å². The van der Waals surface area contributed by atoms with Crippen LogP contribution in [0.3, 0.4) is 0 Å². The zero-order valence-corrected chi connectivity index (χ0v) is 10.3. The van der Waals surface area contributed by atoms with Crippen molar-refractivity contribution < 1.29 is 0 Å². The first-order chi connectivity index (χ1) is 6.25. The highest BCUT2D eigenvalue weighted by Gasteiger charge is 2.02. The highest BCUT2D eigenvalue weighted by molar-refractivity contribution is 9.09. The molecule has 0 amide bonds. The fourth-order valence-corrected chi connectivity index (χ4v) is 1.96. The zero-order valence-electron chi connectivity index (χ0n) is 7.19. The monoisotopic (exact) mass is 280 g/mol. The van der Waals surface area contributed by atoms with E-state index in [4.69, 9.17) is 23.2 Å². The molecule has 0 atom stereocenters. The summed E-state index contributed by atoms with van der Waals surface area (Å²) in [5.41, 5.74) is 1.15. The molecule has 0 aliphatic carbocycles. The predicted octanol–water partition coefficient (Wildman–Crippen LogP) is 4.71. The topological polar surface area (TPSA) is 0 Å². The van der Waals surface area contributed by atoms with Gasteiger partial charge in [0.25, 0.3) is 0 Å². The predicted molar refractivity (Wildman–Crippen MR) is 63.2 cm³/mol. The second kappa shape index (κ2) is 5.90. The largest absolute Gasteiger partial charge is 0.0928 e. The molecule has 1 aromatic rings. The molecule has 0 N–H and O–H groups in total. The lowest BCUT2D eigenvalue weighted by molar-refractivity contribution is 0.806. The van der Waals surface area contributed by atoms with E-state index in [0.29, 0.717) is 10.0 Å². The molecule has 0 nitrogen and oxygen atoms in total. The molecule has 0 aromatic heterocycles. The van der Waals surface area contributed by atoms with Gasteiger partial charge in [-0.05, 0) is 30.9 Å². The molecule has 0 saturated heterocycles. The van der Waals surface area contributed by atoms with Crippen LogP contribution in [0.4, 0.5) is 0 Å². The van der Waals surface area contributed by atoms with Crippen molar-refractivity contribution in [2.75, 3.05) is 5.33 Å². The van der Waals surface area contributed by atoms with Crippen LogP contribution in [0.25, 0.3) is 0 Å². The number of rotatable bonds is 4. The van der Waals surface area contributed by atoms with Crippen LogP contribution in [-0.4, -0.2) is 5.33 Å². The molecular weight excluding hydrogens is 271 g/mol. The van der Waals surface area contributed by atoms with E-state index in [1.54, 1.807) is 0 Å². The molecule has 72 valence electrons. The Bertz CT molecular complexity index is 274. The average molecular weight is 282 g/mol. The molecule has 0 bridgehead atoms. The summed E-state index contributed by atoms with van der Waals surface area (Å²) in [7, 11) is 0. The fourth-order valence-electron chi connectivity index (χ4n) is 1.15. The first-order valence-corrected chi connectivity index (χ1v) is 6.12. The second-order valence-electron chi connectivity index (χ2n) is 2.86. The molecule has 0 spiro atoms. The van der Waals surface area contributed by atoms with Gasteiger partial charge >= 0.3 is 0 Å². The molecule has 0 aliphatic heterocycles. The zero-order chi connectivity index (χ0) is 9.68. The Labute approximate surface area is 97.4 Å². The molecule has 0 heterocycles. The number of aryl methyl sites for hydroxylation is 1. The van der Waals surface area contributed by atoms with E-state index >= 15 is 0 Å². The van der Waals surface area contributed by atoms with Crippen molar-refractivity contribution in [3.8, 4) is 0 Å². The van der Waals surface area contributed by atoms with Crippen molar-refractivity contribution >= 4 is 39.1 Å². The summed E-state index contributed by atoms with van der Waals surface area (Å²) in [4.78, 5) is 0. The van der Waals surface area contributed by atoms with Crippen molar-refractivity contribution in [3.05, 3.63) is 33.8 Å². The van der Waals surface area contributed by atoms with Crippen molar-refractivity contribution in [2.45, 2.75) is 19.3 Å². The molecule has 3 heteroatoms. The molecule has 0 unspecified atom stereocenters. The van der Waals surface area contributed by atoms with Gasteiger partial charge in [0.2, 0.25) is 0 Å². The summed E-state index contributed by atoms with van der Waals surface area (Å²) in [6.07, 6.45) is 3.32. The van der Waals surface area contributed by atoms with Crippen molar-refractivity contribution in [1.82, 2.24) is 0 Å². The van der Waals surface area contributed by atoms with Gasteiger partial charge in [-0.25, -0.2) is 0 Å². The number of hydrogen-bond acceptors (Lipinski definition) is 0. The SMILES string of the molecule is Clc1cccc(CCCCBr)c1Cl. The maximum Gasteiger partial charge on any atom is 0.0624 e. The number of alkyl halides is 1. The smallest absolute Gasteiger partial charge is 0.0624 e. The van der Waals surface area contributed by atoms with Gasteiger partial charge in [-0.3, -0.25) is 0 Å². The van der Waals surface area contributed by atoms with Crippen molar-refractivity contribution in [3.63, 3.8) is 0 Å². The third-order valence-electron chi connectivity index (χ3n) is 1.86. The Hall–Kier alpha value is 0.280. The van der Waals surface area contributed by atoms with Gasteiger partial charge in [-0.2, -0.15) is 0 Å². The van der Waals surface area contributed by atoms with E-state index in [2.05, 4.69) is 15.9 Å². The fraction of sp³-hybridized carbons (Fsp3) is 0.400. The van der Waals surface area contributed by atoms with Crippen molar-refractivity contribution in [2.24, 2.45) is 0 Å². The first-order valence-electron chi connectivity index (χ1n) is 4.24. The summed E-state index contributed by atoms with van der Waals surface area (Å²) in [6, 6.07) is 5.79. The van der Waals surface area contributed by atoms with Crippen LogP contribution in [0.2, 0.25) is 10.0 Å². The van der Waals surface area contributed by atoms with Gasteiger partial charge in [0, 0.05) is 5.33 Å². The van der Waals surface area contributed by atoms with E-state index in [-0.39, 0.29) is 0 Å². The molecule has 13 heavy (non-hydrogen) atoms. The highest BCUT2D eigenvalue weighted by atomic mass is 79.9. The maximum atomic E-state index is 6.03. The standard InChI is InChI=1S/C10H11BrCl2/c11-7-2-1-4-8-5-3-6-9(12)10(8)13/h3,5-6H,1-2,4,7H2. The van der Waals surface area contributed by atoms with Crippen LogP contribution in [-0.2, 0) is 6.42 Å². The Morgan fingerprint density at radius 2 is 1.92 bits per heavy atom. The van der Waals surface area contributed by atoms with Crippen LogP contribution < -0.4 is 0 Å². The molecule has 0 radical (unpaired) electrons.